The number of anilines is 2. The number of nitriles is 1. The second-order valence-electron chi connectivity index (χ2n) is 5.03. The molecule has 0 aliphatic rings. The van der Waals surface area contributed by atoms with E-state index in [9.17, 15) is 0 Å². The van der Waals surface area contributed by atoms with E-state index in [2.05, 4.69) is 35.1 Å². The van der Waals surface area contributed by atoms with Gasteiger partial charge in [0.2, 0.25) is 0 Å². The molecule has 1 aromatic rings. The van der Waals surface area contributed by atoms with Crippen LogP contribution in [0.2, 0.25) is 0 Å². The molecule has 1 aromatic heterocycles. The van der Waals surface area contributed by atoms with Crippen molar-refractivity contribution in [2.24, 2.45) is 5.92 Å². The van der Waals surface area contributed by atoms with Gasteiger partial charge in [-0.25, -0.2) is 4.98 Å². The molecule has 1 heterocycles. The maximum Gasteiger partial charge on any atom is 0.144 e. The summed E-state index contributed by atoms with van der Waals surface area (Å²) in [6.07, 6.45) is 1.57. The normalized spacial score (nSPS) is 12.5. The number of nitrogens with two attached hydrogens (primary N) is 1. The highest BCUT2D eigenvalue weighted by Crippen LogP contribution is 2.17. The number of nitrogens with zero attached hydrogens (tertiary/aromatic N) is 3. The van der Waals surface area contributed by atoms with Gasteiger partial charge >= 0.3 is 0 Å². The Morgan fingerprint density at radius 3 is 2.67 bits per heavy atom. The second-order valence-corrected chi connectivity index (χ2v) is 5.03. The van der Waals surface area contributed by atoms with E-state index in [1.165, 1.54) is 0 Å². The minimum absolute atomic E-state index is 0.239. The Kier molecular flexibility index (Phi) is 4.93. The predicted molar refractivity (Wildman–Crippen MR) is 74.2 cm³/mol. The average Bonchev–Trinajstić information content (AvgIpc) is 2.29. The van der Waals surface area contributed by atoms with Crippen LogP contribution in [0.5, 0.6) is 0 Å². The van der Waals surface area contributed by atoms with E-state index in [4.69, 9.17) is 11.0 Å². The molecule has 1 rings (SSSR count). The van der Waals surface area contributed by atoms with Crippen LogP contribution < -0.4 is 11.1 Å². The van der Waals surface area contributed by atoms with Crippen molar-refractivity contribution >= 4 is 11.5 Å². The SMILES string of the molecule is CC(C)C(CN(C)C)Nc1ncc(N)cc1C#N. The van der Waals surface area contributed by atoms with Crippen molar-refractivity contribution < 1.29 is 0 Å². The highest BCUT2D eigenvalue weighted by atomic mass is 15.1. The van der Waals surface area contributed by atoms with Gasteiger partial charge in [0.05, 0.1) is 17.4 Å². The van der Waals surface area contributed by atoms with Crippen LogP contribution in [0.15, 0.2) is 12.3 Å². The first-order chi connectivity index (χ1) is 8.43. The fourth-order valence-electron chi connectivity index (χ4n) is 1.67. The summed E-state index contributed by atoms with van der Waals surface area (Å²) < 4.78 is 0. The molecule has 0 spiro atoms. The van der Waals surface area contributed by atoms with Crippen molar-refractivity contribution in [3.05, 3.63) is 17.8 Å². The molecule has 0 fully saturated rings. The monoisotopic (exact) mass is 247 g/mol. The number of nitrogens with one attached hydrogen (secondary N) is 1. The molecule has 0 saturated heterocycles. The van der Waals surface area contributed by atoms with Crippen molar-refractivity contribution in [3.8, 4) is 6.07 Å². The van der Waals surface area contributed by atoms with Crippen molar-refractivity contribution in [2.75, 3.05) is 31.7 Å². The topological polar surface area (TPSA) is 78.0 Å². The van der Waals surface area contributed by atoms with Crippen molar-refractivity contribution in [1.29, 1.82) is 5.26 Å². The Morgan fingerprint density at radius 1 is 1.50 bits per heavy atom. The van der Waals surface area contributed by atoms with Gasteiger partial charge in [0.15, 0.2) is 0 Å². The standard InChI is InChI=1S/C13H21N5/c1-9(2)12(8-18(3)4)17-13-10(6-14)5-11(15)7-16-13/h5,7,9,12H,8,15H2,1-4H3,(H,16,17). The molecule has 0 saturated carbocycles. The van der Waals surface area contributed by atoms with E-state index >= 15 is 0 Å². The van der Waals surface area contributed by atoms with Gasteiger partial charge in [-0.3, -0.25) is 0 Å². The third-order valence-corrected chi connectivity index (χ3v) is 2.72. The van der Waals surface area contributed by atoms with Gasteiger partial charge in [-0.1, -0.05) is 13.8 Å². The molecule has 5 heteroatoms. The van der Waals surface area contributed by atoms with E-state index in [-0.39, 0.29) is 6.04 Å². The van der Waals surface area contributed by atoms with Crippen molar-refractivity contribution in [1.82, 2.24) is 9.88 Å². The van der Waals surface area contributed by atoms with Crippen LogP contribution in [0.25, 0.3) is 0 Å². The number of aromatic nitrogens is 1. The number of hydrogen-bond donors (Lipinski definition) is 2. The Morgan fingerprint density at radius 2 is 2.17 bits per heavy atom. The van der Waals surface area contributed by atoms with Gasteiger partial charge in [-0.15, -0.1) is 0 Å². The fourth-order valence-corrected chi connectivity index (χ4v) is 1.67. The lowest BCUT2D eigenvalue weighted by atomic mass is 10.0. The van der Waals surface area contributed by atoms with Gasteiger partial charge in [-0.2, -0.15) is 5.26 Å². The van der Waals surface area contributed by atoms with Gasteiger partial charge in [0.1, 0.15) is 11.9 Å². The van der Waals surface area contributed by atoms with Gasteiger partial charge in [0.25, 0.3) is 0 Å². The summed E-state index contributed by atoms with van der Waals surface area (Å²) in [6, 6.07) is 4.00. The largest absolute Gasteiger partial charge is 0.397 e. The zero-order valence-electron chi connectivity index (χ0n) is 11.4. The Labute approximate surface area is 109 Å². The quantitative estimate of drug-likeness (QED) is 0.825. The molecule has 0 bridgehead atoms. The van der Waals surface area contributed by atoms with Crippen LogP contribution in [-0.4, -0.2) is 36.6 Å². The summed E-state index contributed by atoms with van der Waals surface area (Å²) in [5, 5.41) is 12.4. The van der Waals surface area contributed by atoms with E-state index in [0.717, 1.165) is 6.54 Å². The Bertz CT molecular complexity index is 433. The minimum atomic E-state index is 0.239. The molecule has 0 radical (unpaired) electrons. The summed E-state index contributed by atoms with van der Waals surface area (Å²) in [7, 11) is 4.05. The summed E-state index contributed by atoms with van der Waals surface area (Å²) >= 11 is 0. The number of pyridine rings is 1. The fraction of sp³-hybridized carbons (Fsp3) is 0.538. The molecule has 0 aliphatic heterocycles. The van der Waals surface area contributed by atoms with E-state index in [1.807, 2.05) is 14.1 Å². The first kappa shape index (κ1) is 14.3. The first-order valence-electron chi connectivity index (χ1n) is 6.01. The van der Waals surface area contributed by atoms with E-state index in [1.54, 1.807) is 12.3 Å². The lowest BCUT2D eigenvalue weighted by Gasteiger charge is -2.26. The van der Waals surface area contributed by atoms with E-state index in [0.29, 0.717) is 23.0 Å². The van der Waals surface area contributed by atoms with Gasteiger partial charge in [0, 0.05) is 12.6 Å². The molecule has 3 N–H and O–H groups in total. The number of hydrogen-bond acceptors (Lipinski definition) is 5. The molecule has 0 amide bonds. The smallest absolute Gasteiger partial charge is 0.144 e. The van der Waals surface area contributed by atoms with E-state index < -0.39 is 0 Å². The number of nitrogen functional groups attached to an aromatic ring is 1. The van der Waals surface area contributed by atoms with Crippen LogP contribution in [0.3, 0.4) is 0 Å². The summed E-state index contributed by atoms with van der Waals surface area (Å²) in [5.41, 5.74) is 6.62. The van der Waals surface area contributed by atoms with Crippen LogP contribution in [0.4, 0.5) is 11.5 Å². The molecular weight excluding hydrogens is 226 g/mol. The van der Waals surface area contributed by atoms with Crippen molar-refractivity contribution in [2.45, 2.75) is 19.9 Å². The Hall–Kier alpha value is -1.80. The van der Waals surface area contributed by atoms with Crippen molar-refractivity contribution in [3.63, 3.8) is 0 Å². The highest BCUT2D eigenvalue weighted by molar-refractivity contribution is 5.57. The van der Waals surface area contributed by atoms with Crippen LogP contribution in [-0.2, 0) is 0 Å². The maximum atomic E-state index is 9.08. The lowest BCUT2D eigenvalue weighted by molar-refractivity contribution is 0.344. The van der Waals surface area contributed by atoms with Gasteiger partial charge in [-0.05, 0) is 26.1 Å². The predicted octanol–water partition coefficient (Wildman–Crippen LogP) is 1.53. The third kappa shape index (κ3) is 3.90. The zero-order valence-corrected chi connectivity index (χ0v) is 11.4. The van der Waals surface area contributed by atoms with Crippen LogP contribution >= 0.6 is 0 Å². The molecule has 5 nitrogen and oxygen atoms in total. The lowest BCUT2D eigenvalue weighted by Crippen LogP contribution is -2.36. The molecular formula is C13H21N5. The number of likely N-dealkylation sites (N-methyl/N-ethyl adjacent to an activating group) is 1. The summed E-state index contributed by atoms with van der Waals surface area (Å²) in [6.45, 7) is 5.17. The zero-order chi connectivity index (χ0) is 13.7. The molecule has 0 aromatic carbocycles. The Balaban J connectivity index is 2.90. The highest BCUT2D eigenvalue weighted by Gasteiger charge is 2.16. The first-order valence-corrected chi connectivity index (χ1v) is 6.01. The van der Waals surface area contributed by atoms with Crippen LogP contribution in [0.1, 0.15) is 19.4 Å². The average molecular weight is 247 g/mol. The summed E-state index contributed by atoms with van der Waals surface area (Å²) in [5.74, 6) is 1.05. The molecule has 1 atom stereocenters. The minimum Gasteiger partial charge on any atom is -0.397 e. The summed E-state index contributed by atoms with van der Waals surface area (Å²) in [4.78, 5) is 6.31. The van der Waals surface area contributed by atoms with Gasteiger partial charge < -0.3 is 16.0 Å². The molecule has 1 unspecified atom stereocenters. The second kappa shape index (κ2) is 6.22. The maximum absolute atomic E-state index is 9.08. The third-order valence-electron chi connectivity index (χ3n) is 2.72. The molecule has 18 heavy (non-hydrogen) atoms. The number of rotatable bonds is 5. The molecule has 98 valence electrons. The van der Waals surface area contributed by atoms with Crippen LogP contribution in [0, 0.1) is 17.2 Å². The molecule has 0 aliphatic carbocycles.